The van der Waals surface area contributed by atoms with Crippen molar-refractivity contribution in [2.24, 2.45) is 0 Å². The van der Waals surface area contributed by atoms with E-state index in [9.17, 15) is 4.79 Å². The standard InChI is InChI=1S/C12H15BN2O3/c1-2-14-6-7-15(12(14)16)9-10-4-3-5-11(8-10)13(17)18/h3-8,17-18H,2,9H2,1H3. The summed E-state index contributed by atoms with van der Waals surface area (Å²) < 4.78 is 3.21. The van der Waals surface area contributed by atoms with E-state index in [1.54, 1.807) is 39.7 Å². The molecule has 2 N–H and O–H groups in total. The van der Waals surface area contributed by atoms with Crippen LogP contribution in [0.5, 0.6) is 0 Å². The predicted molar refractivity (Wildman–Crippen MR) is 69.7 cm³/mol. The molecule has 0 fully saturated rings. The molecular formula is C12H15BN2O3. The number of aromatic nitrogens is 2. The third-order valence-corrected chi connectivity index (χ3v) is 2.86. The van der Waals surface area contributed by atoms with Crippen LogP contribution in [-0.4, -0.2) is 26.3 Å². The van der Waals surface area contributed by atoms with Gasteiger partial charge in [0.15, 0.2) is 0 Å². The molecule has 1 aromatic carbocycles. The molecule has 0 atom stereocenters. The van der Waals surface area contributed by atoms with E-state index >= 15 is 0 Å². The number of hydrogen-bond donors (Lipinski definition) is 2. The minimum atomic E-state index is -1.48. The van der Waals surface area contributed by atoms with Crippen molar-refractivity contribution in [3.05, 3.63) is 52.7 Å². The summed E-state index contributed by atoms with van der Waals surface area (Å²) in [6.45, 7) is 2.97. The van der Waals surface area contributed by atoms with Crippen LogP contribution in [0.3, 0.4) is 0 Å². The quantitative estimate of drug-likeness (QED) is 0.708. The summed E-state index contributed by atoms with van der Waals surface area (Å²) in [5.74, 6) is 0. The fourth-order valence-electron chi connectivity index (χ4n) is 1.86. The molecule has 5 nitrogen and oxygen atoms in total. The highest BCUT2D eigenvalue weighted by molar-refractivity contribution is 6.58. The summed E-state index contributed by atoms with van der Waals surface area (Å²) in [6.07, 6.45) is 3.47. The van der Waals surface area contributed by atoms with Crippen molar-refractivity contribution in [2.45, 2.75) is 20.0 Å². The van der Waals surface area contributed by atoms with Crippen molar-refractivity contribution in [3.8, 4) is 0 Å². The number of imidazole rings is 1. The molecular weight excluding hydrogens is 231 g/mol. The van der Waals surface area contributed by atoms with Gasteiger partial charge < -0.3 is 10.0 Å². The largest absolute Gasteiger partial charge is 0.488 e. The molecule has 94 valence electrons. The number of rotatable bonds is 4. The molecule has 18 heavy (non-hydrogen) atoms. The van der Waals surface area contributed by atoms with E-state index in [4.69, 9.17) is 10.0 Å². The molecule has 2 aromatic rings. The predicted octanol–water partition coefficient (Wildman–Crippen LogP) is -0.602. The van der Waals surface area contributed by atoms with E-state index in [-0.39, 0.29) is 5.69 Å². The van der Waals surface area contributed by atoms with Crippen LogP contribution in [0.1, 0.15) is 12.5 Å². The van der Waals surface area contributed by atoms with Crippen molar-refractivity contribution >= 4 is 12.6 Å². The zero-order chi connectivity index (χ0) is 13.1. The molecule has 0 bridgehead atoms. The van der Waals surface area contributed by atoms with Crippen molar-refractivity contribution in [1.82, 2.24) is 9.13 Å². The molecule has 0 unspecified atom stereocenters. The number of nitrogens with zero attached hydrogens (tertiary/aromatic N) is 2. The van der Waals surface area contributed by atoms with Crippen LogP contribution < -0.4 is 11.2 Å². The van der Waals surface area contributed by atoms with Gasteiger partial charge in [-0.25, -0.2) is 4.79 Å². The third kappa shape index (κ3) is 2.55. The van der Waals surface area contributed by atoms with Crippen LogP contribution in [-0.2, 0) is 13.1 Å². The summed E-state index contributed by atoms with van der Waals surface area (Å²) >= 11 is 0. The Morgan fingerprint density at radius 3 is 2.56 bits per heavy atom. The van der Waals surface area contributed by atoms with Gasteiger partial charge in [0.1, 0.15) is 0 Å². The fraction of sp³-hybridized carbons (Fsp3) is 0.250. The van der Waals surface area contributed by atoms with Crippen molar-refractivity contribution < 1.29 is 10.0 Å². The maximum absolute atomic E-state index is 11.9. The first kappa shape index (κ1) is 12.7. The summed E-state index contributed by atoms with van der Waals surface area (Å²) in [5, 5.41) is 18.2. The normalized spacial score (nSPS) is 10.6. The minimum Gasteiger partial charge on any atom is -0.423 e. The second-order valence-corrected chi connectivity index (χ2v) is 4.11. The number of hydrogen-bond acceptors (Lipinski definition) is 3. The van der Waals surface area contributed by atoms with Gasteiger partial charge in [0.05, 0.1) is 6.54 Å². The van der Waals surface area contributed by atoms with Crippen LogP contribution in [0.2, 0.25) is 0 Å². The Labute approximate surface area is 105 Å². The van der Waals surface area contributed by atoms with E-state index in [0.717, 1.165) is 5.56 Å². The molecule has 2 rings (SSSR count). The van der Waals surface area contributed by atoms with Gasteiger partial charge in [-0.1, -0.05) is 24.3 Å². The van der Waals surface area contributed by atoms with E-state index in [0.29, 0.717) is 18.6 Å². The molecule has 0 aliphatic heterocycles. The molecule has 0 radical (unpaired) electrons. The van der Waals surface area contributed by atoms with Gasteiger partial charge in [0.25, 0.3) is 0 Å². The van der Waals surface area contributed by atoms with E-state index in [1.807, 2.05) is 13.0 Å². The maximum Gasteiger partial charge on any atom is 0.488 e. The topological polar surface area (TPSA) is 67.4 Å². The molecule has 0 aliphatic rings. The van der Waals surface area contributed by atoms with Gasteiger partial charge in [0, 0.05) is 18.9 Å². The van der Waals surface area contributed by atoms with Gasteiger partial charge >= 0.3 is 12.8 Å². The van der Waals surface area contributed by atoms with Gasteiger partial charge in [-0.3, -0.25) is 9.13 Å². The summed E-state index contributed by atoms with van der Waals surface area (Å²) in [4.78, 5) is 11.9. The highest BCUT2D eigenvalue weighted by Gasteiger charge is 2.11. The molecule has 6 heteroatoms. The Balaban J connectivity index is 2.26. The monoisotopic (exact) mass is 246 g/mol. The van der Waals surface area contributed by atoms with Crippen LogP contribution in [0.25, 0.3) is 0 Å². The smallest absolute Gasteiger partial charge is 0.423 e. The molecule has 1 aromatic heterocycles. The number of benzene rings is 1. The molecule has 0 saturated heterocycles. The van der Waals surface area contributed by atoms with Crippen molar-refractivity contribution in [2.75, 3.05) is 0 Å². The lowest BCUT2D eigenvalue weighted by Gasteiger charge is -2.05. The van der Waals surface area contributed by atoms with E-state index in [1.165, 1.54) is 0 Å². The highest BCUT2D eigenvalue weighted by Crippen LogP contribution is 2.00. The Hall–Kier alpha value is -1.79. The van der Waals surface area contributed by atoms with Crippen LogP contribution in [0.4, 0.5) is 0 Å². The minimum absolute atomic E-state index is 0.0625. The average molecular weight is 246 g/mol. The highest BCUT2D eigenvalue weighted by atomic mass is 16.4. The Bertz CT molecular complexity index is 589. The van der Waals surface area contributed by atoms with E-state index < -0.39 is 7.12 Å². The van der Waals surface area contributed by atoms with Gasteiger partial charge in [-0.05, 0) is 17.9 Å². The Kier molecular flexibility index (Phi) is 3.69. The lowest BCUT2D eigenvalue weighted by Crippen LogP contribution is -2.30. The molecule has 1 heterocycles. The van der Waals surface area contributed by atoms with Crippen LogP contribution >= 0.6 is 0 Å². The fourth-order valence-corrected chi connectivity index (χ4v) is 1.86. The lowest BCUT2D eigenvalue weighted by atomic mass is 9.79. The zero-order valence-electron chi connectivity index (χ0n) is 10.2. The summed E-state index contributed by atoms with van der Waals surface area (Å²) in [7, 11) is -1.48. The molecule has 0 aliphatic carbocycles. The third-order valence-electron chi connectivity index (χ3n) is 2.86. The molecule has 0 amide bonds. The molecule has 0 spiro atoms. The average Bonchev–Trinajstić information content (AvgIpc) is 2.71. The van der Waals surface area contributed by atoms with Crippen LogP contribution in [0.15, 0.2) is 41.5 Å². The summed E-state index contributed by atoms with van der Waals surface area (Å²) in [5.41, 5.74) is 1.22. The van der Waals surface area contributed by atoms with Crippen molar-refractivity contribution in [1.29, 1.82) is 0 Å². The van der Waals surface area contributed by atoms with Crippen LogP contribution in [0, 0.1) is 0 Å². The second-order valence-electron chi connectivity index (χ2n) is 4.11. The molecule has 0 saturated carbocycles. The van der Waals surface area contributed by atoms with Gasteiger partial charge in [-0.2, -0.15) is 0 Å². The second kappa shape index (κ2) is 5.24. The SMILES string of the molecule is CCn1ccn(Cc2cccc(B(O)O)c2)c1=O. The summed E-state index contributed by atoms with van der Waals surface area (Å²) in [6, 6.07) is 6.90. The van der Waals surface area contributed by atoms with E-state index in [2.05, 4.69) is 0 Å². The van der Waals surface area contributed by atoms with Gasteiger partial charge in [-0.15, -0.1) is 0 Å². The van der Waals surface area contributed by atoms with Gasteiger partial charge in [0.2, 0.25) is 0 Å². The Morgan fingerprint density at radius 2 is 1.94 bits per heavy atom. The first-order valence-electron chi connectivity index (χ1n) is 5.82. The lowest BCUT2D eigenvalue weighted by molar-refractivity contribution is 0.425. The Morgan fingerprint density at radius 1 is 1.22 bits per heavy atom. The zero-order valence-corrected chi connectivity index (χ0v) is 10.2. The maximum atomic E-state index is 11.9. The first-order valence-corrected chi connectivity index (χ1v) is 5.82. The number of aryl methyl sites for hydroxylation is 1. The van der Waals surface area contributed by atoms with Crippen molar-refractivity contribution in [3.63, 3.8) is 0 Å². The first-order chi connectivity index (χ1) is 8.61.